The molecule has 0 aliphatic carbocycles. The van der Waals surface area contributed by atoms with Crippen molar-refractivity contribution in [1.29, 1.82) is 0 Å². The number of anilines is 2. The molecule has 1 atom stereocenters. The van der Waals surface area contributed by atoms with Crippen molar-refractivity contribution in [3.8, 4) is 0 Å². The Morgan fingerprint density at radius 1 is 1.09 bits per heavy atom. The molecule has 5 rings (SSSR count). The average molecular weight is 486 g/mol. The van der Waals surface area contributed by atoms with Crippen LogP contribution in [0.2, 0.25) is 5.02 Å². The summed E-state index contributed by atoms with van der Waals surface area (Å²) in [7, 11) is 0. The highest BCUT2D eigenvalue weighted by Gasteiger charge is 2.32. The third kappa shape index (κ3) is 4.56. The molecule has 1 aliphatic rings. The molecule has 35 heavy (non-hydrogen) atoms. The minimum Gasteiger partial charge on any atom is -0.324 e. The number of amides is 3. The Balaban J connectivity index is 1.32. The molecule has 0 bridgehead atoms. The molecule has 0 fully saturated rings. The smallest absolute Gasteiger partial charge is 0.258 e. The Labute approximate surface area is 205 Å². The lowest BCUT2D eigenvalue weighted by molar-refractivity contribution is -0.120. The number of carbonyl (C=O) groups excluding carboxylic acids is 3. The molecule has 1 unspecified atom stereocenters. The van der Waals surface area contributed by atoms with E-state index in [1.165, 1.54) is 4.90 Å². The number of benzene rings is 3. The molecule has 0 saturated heterocycles. The fraction of sp³-hybridized carbons (Fsp3) is 0.115. The molecule has 174 valence electrons. The summed E-state index contributed by atoms with van der Waals surface area (Å²) in [6.07, 6.45) is 1.66. The molecule has 2 N–H and O–H groups in total. The van der Waals surface area contributed by atoms with Gasteiger partial charge in [-0.1, -0.05) is 41.9 Å². The van der Waals surface area contributed by atoms with Crippen LogP contribution in [0, 0.1) is 0 Å². The number of rotatable bonds is 4. The summed E-state index contributed by atoms with van der Waals surface area (Å²) in [5.74, 6) is -0.716. The van der Waals surface area contributed by atoms with Crippen molar-refractivity contribution >= 4 is 51.9 Å². The molecule has 0 spiro atoms. The minimum atomic E-state index is -0.693. The number of nitrogens with one attached hydrogen (secondary N) is 2. The van der Waals surface area contributed by atoms with Gasteiger partial charge in [-0.3, -0.25) is 19.7 Å². The summed E-state index contributed by atoms with van der Waals surface area (Å²) >= 11 is 6.03. The van der Waals surface area contributed by atoms with Crippen molar-refractivity contribution in [3.05, 3.63) is 94.6 Å². The summed E-state index contributed by atoms with van der Waals surface area (Å²) in [5, 5.41) is 6.78. The van der Waals surface area contributed by atoms with E-state index in [-0.39, 0.29) is 30.2 Å². The Morgan fingerprint density at radius 2 is 1.86 bits per heavy atom. The number of hydrogen-bond acceptors (Lipinski definition) is 5. The molecule has 0 saturated carbocycles. The lowest BCUT2D eigenvalue weighted by atomic mass is 10.1. The van der Waals surface area contributed by atoms with Gasteiger partial charge in [0.25, 0.3) is 11.8 Å². The second-order valence-corrected chi connectivity index (χ2v) is 8.63. The summed E-state index contributed by atoms with van der Waals surface area (Å²) in [6, 6.07) is 18.4. The van der Waals surface area contributed by atoms with Crippen molar-refractivity contribution < 1.29 is 14.4 Å². The summed E-state index contributed by atoms with van der Waals surface area (Å²) in [4.78, 5) is 48.5. The molecule has 8 nitrogen and oxygen atoms in total. The van der Waals surface area contributed by atoms with Crippen LogP contribution >= 0.6 is 11.6 Å². The lowest BCUT2D eigenvalue weighted by Gasteiger charge is -2.26. The van der Waals surface area contributed by atoms with Gasteiger partial charge in [-0.2, -0.15) is 0 Å². The first-order chi connectivity index (χ1) is 16.9. The highest BCUT2D eigenvalue weighted by atomic mass is 35.5. The van der Waals surface area contributed by atoms with Gasteiger partial charge in [0, 0.05) is 28.7 Å². The van der Waals surface area contributed by atoms with Crippen LogP contribution < -0.4 is 10.6 Å². The molecule has 3 amide bonds. The van der Waals surface area contributed by atoms with Gasteiger partial charge in [0.15, 0.2) is 0 Å². The third-order valence-corrected chi connectivity index (χ3v) is 6.10. The Hall–Kier alpha value is -4.30. The lowest BCUT2D eigenvalue weighted by Crippen LogP contribution is -2.42. The van der Waals surface area contributed by atoms with E-state index in [1.54, 1.807) is 55.6 Å². The molecule has 0 radical (unpaired) electrons. The molecule has 9 heteroatoms. The minimum absolute atomic E-state index is 0.200. The van der Waals surface area contributed by atoms with Crippen molar-refractivity contribution in [2.75, 3.05) is 10.6 Å². The number of hydrogen-bond donors (Lipinski definition) is 2. The van der Waals surface area contributed by atoms with Crippen LogP contribution in [-0.4, -0.2) is 38.6 Å². The number of aromatic nitrogens is 2. The van der Waals surface area contributed by atoms with E-state index in [0.717, 1.165) is 16.5 Å². The highest BCUT2D eigenvalue weighted by molar-refractivity contribution is 6.31. The van der Waals surface area contributed by atoms with Crippen molar-refractivity contribution in [3.63, 3.8) is 0 Å². The van der Waals surface area contributed by atoms with Gasteiger partial charge in [0.05, 0.1) is 16.8 Å². The van der Waals surface area contributed by atoms with Crippen LogP contribution in [0.25, 0.3) is 10.9 Å². The first-order valence-corrected chi connectivity index (χ1v) is 11.3. The molecular formula is C26H20ClN5O3. The number of halogens is 1. The SMILES string of the molecule is CC1C(=O)Nc2cc(Cl)ccc2C(=O)N1Cc1ccc(C(=O)Nc2ncc3ccccc3n2)cc1. The monoisotopic (exact) mass is 485 g/mol. The van der Waals surface area contributed by atoms with Crippen LogP contribution in [0.4, 0.5) is 11.6 Å². The second-order valence-electron chi connectivity index (χ2n) is 8.19. The van der Waals surface area contributed by atoms with Crippen LogP contribution in [0.3, 0.4) is 0 Å². The maximum atomic E-state index is 13.2. The fourth-order valence-electron chi connectivity index (χ4n) is 3.89. The number of nitrogens with zero attached hydrogens (tertiary/aromatic N) is 3. The van der Waals surface area contributed by atoms with Gasteiger partial charge in [-0.25, -0.2) is 9.97 Å². The zero-order chi connectivity index (χ0) is 24.5. The standard InChI is InChI=1S/C26H20ClN5O3/c1-15-23(33)29-22-12-19(27)10-11-20(22)25(35)32(15)14-16-6-8-17(9-7-16)24(34)31-26-28-13-18-4-2-3-5-21(18)30-26/h2-13,15H,14H2,1H3,(H,29,33)(H,28,30,31,34). The molecular weight excluding hydrogens is 466 g/mol. The number of carbonyl (C=O) groups is 3. The molecule has 1 aliphatic heterocycles. The third-order valence-electron chi connectivity index (χ3n) is 5.86. The first-order valence-electron chi connectivity index (χ1n) is 10.9. The predicted octanol–water partition coefficient (Wildman–Crippen LogP) is 4.52. The van der Waals surface area contributed by atoms with E-state index in [4.69, 9.17) is 11.6 Å². The first kappa shape index (κ1) is 22.5. The van der Waals surface area contributed by atoms with Crippen LogP contribution in [0.15, 0.2) is 72.9 Å². The van der Waals surface area contributed by atoms with Crippen molar-refractivity contribution in [1.82, 2.24) is 14.9 Å². The maximum absolute atomic E-state index is 13.2. The van der Waals surface area contributed by atoms with Crippen LogP contribution in [-0.2, 0) is 11.3 Å². The van der Waals surface area contributed by atoms with Crippen molar-refractivity contribution in [2.45, 2.75) is 19.5 Å². The van der Waals surface area contributed by atoms with Gasteiger partial charge in [0.2, 0.25) is 11.9 Å². The zero-order valence-corrected chi connectivity index (χ0v) is 19.4. The van der Waals surface area contributed by atoms with Crippen molar-refractivity contribution in [2.24, 2.45) is 0 Å². The molecule has 2 heterocycles. The predicted molar refractivity (Wildman–Crippen MR) is 133 cm³/mol. The van der Waals surface area contributed by atoms with E-state index >= 15 is 0 Å². The normalized spacial score (nSPS) is 15.4. The van der Waals surface area contributed by atoms with E-state index in [0.29, 0.717) is 21.8 Å². The second kappa shape index (κ2) is 9.15. The molecule has 3 aromatic carbocycles. The van der Waals surface area contributed by atoms with Gasteiger partial charge < -0.3 is 10.2 Å². The van der Waals surface area contributed by atoms with Gasteiger partial charge in [0.1, 0.15) is 6.04 Å². The van der Waals surface area contributed by atoms with E-state index < -0.39 is 6.04 Å². The highest BCUT2D eigenvalue weighted by Crippen LogP contribution is 2.27. The van der Waals surface area contributed by atoms with E-state index in [2.05, 4.69) is 20.6 Å². The van der Waals surface area contributed by atoms with E-state index in [9.17, 15) is 14.4 Å². The quantitative estimate of drug-likeness (QED) is 0.442. The topological polar surface area (TPSA) is 104 Å². The molecule has 4 aromatic rings. The Bertz CT molecular complexity index is 1470. The molecule has 1 aromatic heterocycles. The van der Waals surface area contributed by atoms with Gasteiger partial charge in [-0.15, -0.1) is 0 Å². The van der Waals surface area contributed by atoms with Crippen LogP contribution in [0.1, 0.15) is 33.2 Å². The zero-order valence-electron chi connectivity index (χ0n) is 18.7. The fourth-order valence-corrected chi connectivity index (χ4v) is 4.06. The van der Waals surface area contributed by atoms with Gasteiger partial charge in [-0.05, 0) is 48.9 Å². The van der Waals surface area contributed by atoms with Crippen LogP contribution in [0.5, 0.6) is 0 Å². The van der Waals surface area contributed by atoms with E-state index in [1.807, 2.05) is 24.3 Å². The Morgan fingerprint density at radius 3 is 2.66 bits per heavy atom. The number of fused-ring (bicyclic) bond motifs is 2. The summed E-state index contributed by atoms with van der Waals surface area (Å²) < 4.78 is 0. The van der Waals surface area contributed by atoms with Gasteiger partial charge >= 0.3 is 0 Å². The Kier molecular flexibility index (Phi) is 5.88. The summed E-state index contributed by atoms with van der Waals surface area (Å²) in [5.41, 5.74) is 2.69. The maximum Gasteiger partial charge on any atom is 0.258 e. The largest absolute Gasteiger partial charge is 0.324 e. The average Bonchev–Trinajstić information content (AvgIpc) is 2.94. The summed E-state index contributed by atoms with van der Waals surface area (Å²) in [6.45, 7) is 1.87. The number of para-hydroxylation sites is 1.